The molecule has 0 saturated heterocycles. The van der Waals surface area contributed by atoms with Gasteiger partial charge in [-0.15, -0.1) is 10.2 Å². The van der Waals surface area contributed by atoms with Crippen LogP contribution < -0.4 is 0 Å². The summed E-state index contributed by atoms with van der Waals surface area (Å²) in [6.45, 7) is 2.08. The molecular formula is C11H10BrFN2S. The standard InChI is InChI=1S/C11H10BrFN2S/c1-2-9(12)11-15-14-10(16-11)7-3-5-8(13)6-4-7/h3-6,9H,2H2,1H3. The molecule has 5 heteroatoms. The van der Waals surface area contributed by atoms with Crippen LogP contribution in [0.1, 0.15) is 23.2 Å². The average Bonchev–Trinajstić information content (AvgIpc) is 2.78. The second kappa shape index (κ2) is 5.01. The largest absolute Gasteiger partial charge is 0.207 e. The van der Waals surface area contributed by atoms with Crippen LogP contribution in [0.2, 0.25) is 0 Å². The molecule has 0 amide bonds. The van der Waals surface area contributed by atoms with E-state index in [4.69, 9.17) is 0 Å². The summed E-state index contributed by atoms with van der Waals surface area (Å²) >= 11 is 5.06. The van der Waals surface area contributed by atoms with E-state index >= 15 is 0 Å². The monoisotopic (exact) mass is 300 g/mol. The Hall–Kier alpha value is -0.810. The van der Waals surface area contributed by atoms with Crippen molar-refractivity contribution in [2.45, 2.75) is 18.2 Å². The first-order valence-electron chi connectivity index (χ1n) is 4.94. The van der Waals surface area contributed by atoms with Gasteiger partial charge in [-0.2, -0.15) is 0 Å². The van der Waals surface area contributed by atoms with Crippen molar-refractivity contribution in [3.05, 3.63) is 35.1 Å². The molecule has 2 rings (SSSR count). The Bertz CT molecular complexity index is 469. The lowest BCUT2D eigenvalue weighted by molar-refractivity contribution is 0.628. The zero-order chi connectivity index (χ0) is 11.5. The van der Waals surface area contributed by atoms with Crippen molar-refractivity contribution in [2.24, 2.45) is 0 Å². The normalized spacial score (nSPS) is 12.7. The maximum Gasteiger partial charge on any atom is 0.147 e. The van der Waals surface area contributed by atoms with E-state index in [0.717, 1.165) is 22.0 Å². The molecule has 1 atom stereocenters. The summed E-state index contributed by atoms with van der Waals surface area (Å²) in [4.78, 5) is 0.249. The number of nitrogens with zero attached hydrogens (tertiary/aromatic N) is 2. The van der Waals surface area contributed by atoms with Crippen molar-refractivity contribution in [2.75, 3.05) is 0 Å². The summed E-state index contributed by atoms with van der Waals surface area (Å²) < 4.78 is 12.8. The first-order valence-corrected chi connectivity index (χ1v) is 6.67. The van der Waals surface area contributed by atoms with Crippen LogP contribution in [0.4, 0.5) is 4.39 Å². The van der Waals surface area contributed by atoms with Crippen LogP contribution in [0.5, 0.6) is 0 Å². The van der Waals surface area contributed by atoms with Crippen LogP contribution >= 0.6 is 27.3 Å². The van der Waals surface area contributed by atoms with E-state index in [2.05, 4.69) is 33.1 Å². The molecule has 0 saturated carbocycles. The number of halogens is 2. The van der Waals surface area contributed by atoms with Crippen molar-refractivity contribution in [3.63, 3.8) is 0 Å². The Morgan fingerprint density at radius 1 is 1.31 bits per heavy atom. The number of benzene rings is 1. The van der Waals surface area contributed by atoms with Gasteiger partial charge in [0.2, 0.25) is 0 Å². The third-order valence-electron chi connectivity index (χ3n) is 2.16. The van der Waals surface area contributed by atoms with Crippen molar-refractivity contribution in [1.29, 1.82) is 0 Å². The second-order valence-electron chi connectivity index (χ2n) is 3.33. The summed E-state index contributed by atoms with van der Waals surface area (Å²) in [7, 11) is 0. The number of rotatable bonds is 3. The van der Waals surface area contributed by atoms with E-state index in [1.54, 1.807) is 12.1 Å². The fourth-order valence-electron chi connectivity index (χ4n) is 1.24. The van der Waals surface area contributed by atoms with Gasteiger partial charge in [-0.3, -0.25) is 0 Å². The first kappa shape index (κ1) is 11.7. The lowest BCUT2D eigenvalue weighted by Crippen LogP contribution is -1.84. The van der Waals surface area contributed by atoms with Crippen LogP contribution in [0.3, 0.4) is 0 Å². The van der Waals surface area contributed by atoms with Crippen LogP contribution in [-0.2, 0) is 0 Å². The van der Waals surface area contributed by atoms with Gasteiger partial charge in [0.05, 0.1) is 4.83 Å². The maximum atomic E-state index is 12.8. The van der Waals surface area contributed by atoms with Crippen LogP contribution in [0.25, 0.3) is 10.6 Å². The van der Waals surface area contributed by atoms with Gasteiger partial charge in [0.25, 0.3) is 0 Å². The number of hydrogen-bond donors (Lipinski definition) is 0. The quantitative estimate of drug-likeness (QED) is 0.794. The van der Waals surface area contributed by atoms with Crippen molar-refractivity contribution in [3.8, 4) is 10.6 Å². The molecule has 1 aromatic heterocycles. The molecule has 16 heavy (non-hydrogen) atoms. The van der Waals surface area contributed by atoms with E-state index in [9.17, 15) is 4.39 Å². The van der Waals surface area contributed by atoms with Gasteiger partial charge in [0.1, 0.15) is 15.8 Å². The third kappa shape index (κ3) is 2.47. The number of alkyl halides is 1. The fourth-order valence-corrected chi connectivity index (χ4v) is 2.53. The van der Waals surface area contributed by atoms with Crippen molar-refractivity contribution in [1.82, 2.24) is 10.2 Å². The SMILES string of the molecule is CCC(Br)c1nnc(-c2ccc(F)cc2)s1. The Kier molecular flexibility index (Phi) is 3.66. The Balaban J connectivity index is 2.28. The summed E-state index contributed by atoms with van der Waals surface area (Å²) in [5.74, 6) is -0.236. The molecule has 84 valence electrons. The predicted octanol–water partition coefficient (Wildman–Crippen LogP) is 4.19. The molecule has 2 aromatic rings. The topological polar surface area (TPSA) is 25.8 Å². The first-order chi connectivity index (χ1) is 7.70. The molecule has 1 heterocycles. The van der Waals surface area contributed by atoms with Crippen molar-refractivity contribution >= 4 is 27.3 Å². The van der Waals surface area contributed by atoms with Gasteiger partial charge in [-0.05, 0) is 30.7 Å². The summed E-state index contributed by atoms with van der Waals surface area (Å²) in [6.07, 6.45) is 0.970. The number of hydrogen-bond acceptors (Lipinski definition) is 3. The van der Waals surface area contributed by atoms with E-state index in [-0.39, 0.29) is 10.6 Å². The summed E-state index contributed by atoms with van der Waals surface area (Å²) in [5.41, 5.74) is 0.904. The minimum atomic E-state index is -0.236. The molecule has 1 unspecified atom stereocenters. The van der Waals surface area contributed by atoms with Crippen molar-refractivity contribution < 1.29 is 4.39 Å². The Morgan fingerprint density at radius 2 is 2.00 bits per heavy atom. The molecule has 0 radical (unpaired) electrons. The molecule has 0 aliphatic heterocycles. The molecule has 0 fully saturated rings. The van der Waals surface area contributed by atoms with Crippen LogP contribution in [0, 0.1) is 5.82 Å². The molecule has 0 aliphatic carbocycles. The highest BCUT2D eigenvalue weighted by atomic mass is 79.9. The van der Waals surface area contributed by atoms with Crippen LogP contribution in [0.15, 0.2) is 24.3 Å². The zero-order valence-corrected chi connectivity index (χ0v) is 11.1. The minimum Gasteiger partial charge on any atom is -0.207 e. The predicted molar refractivity (Wildman–Crippen MR) is 67.3 cm³/mol. The molecular weight excluding hydrogens is 291 g/mol. The smallest absolute Gasteiger partial charge is 0.147 e. The maximum absolute atomic E-state index is 12.8. The lowest BCUT2D eigenvalue weighted by Gasteiger charge is -1.98. The summed E-state index contributed by atoms with van der Waals surface area (Å²) in [5, 5.41) is 10.0. The fraction of sp³-hybridized carbons (Fsp3) is 0.273. The molecule has 0 aliphatic rings. The van der Waals surface area contributed by atoms with E-state index < -0.39 is 0 Å². The second-order valence-corrected chi connectivity index (χ2v) is 5.44. The highest BCUT2D eigenvalue weighted by molar-refractivity contribution is 9.09. The Morgan fingerprint density at radius 3 is 2.62 bits per heavy atom. The third-order valence-corrected chi connectivity index (χ3v) is 4.63. The van der Waals surface area contributed by atoms with Crippen LogP contribution in [-0.4, -0.2) is 10.2 Å². The molecule has 1 aromatic carbocycles. The number of aromatic nitrogens is 2. The molecule has 0 spiro atoms. The zero-order valence-electron chi connectivity index (χ0n) is 8.65. The average molecular weight is 301 g/mol. The summed E-state index contributed by atoms with van der Waals surface area (Å²) in [6, 6.07) is 6.30. The Labute approximate surface area is 106 Å². The van der Waals surface area contributed by atoms with E-state index in [0.29, 0.717) is 0 Å². The molecule has 0 N–H and O–H groups in total. The highest BCUT2D eigenvalue weighted by Gasteiger charge is 2.12. The van der Waals surface area contributed by atoms with E-state index in [1.807, 2.05) is 0 Å². The minimum absolute atomic E-state index is 0.236. The highest BCUT2D eigenvalue weighted by Crippen LogP contribution is 2.32. The molecule has 2 nitrogen and oxygen atoms in total. The van der Waals surface area contributed by atoms with Gasteiger partial charge in [-0.25, -0.2) is 4.39 Å². The van der Waals surface area contributed by atoms with E-state index in [1.165, 1.54) is 23.5 Å². The van der Waals surface area contributed by atoms with Gasteiger partial charge in [0.15, 0.2) is 0 Å². The van der Waals surface area contributed by atoms with Gasteiger partial charge in [0, 0.05) is 5.56 Å². The molecule has 0 bridgehead atoms. The lowest BCUT2D eigenvalue weighted by atomic mass is 10.2. The van der Waals surface area contributed by atoms with Gasteiger partial charge >= 0.3 is 0 Å². The van der Waals surface area contributed by atoms with Gasteiger partial charge < -0.3 is 0 Å². The van der Waals surface area contributed by atoms with Gasteiger partial charge in [-0.1, -0.05) is 34.2 Å².